The van der Waals surface area contributed by atoms with Crippen LogP contribution in [-0.2, 0) is 9.53 Å². The second-order valence-corrected chi connectivity index (χ2v) is 7.16. The van der Waals surface area contributed by atoms with Crippen molar-refractivity contribution in [3.05, 3.63) is 65.2 Å². The Hall–Kier alpha value is -2.33. The van der Waals surface area contributed by atoms with E-state index in [0.29, 0.717) is 6.61 Å². The van der Waals surface area contributed by atoms with Crippen LogP contribution in [0.3, 0.4) is 0 Å². The van der Waals surface area contributed by atoms with Gasteiger partial charge >= 0.3 is 5.97 Å². The minimum atomic E-state index is -0.729. The summed E-state index contributed by atoms with van der Waals surface area (Å²) in [5.41, 5.74) is 2.71. The maximum absolute atomic E-state index is 13.0. The molecule has 2 heterocycles. The van der Waals surface area contributed by atoms with Crippen molar-refractivity contribution in [2.75, 3.05) is 27.3 Å². The fourth-order valence-electron chi connectivity index (χ4n) is 4.57. The highest BCUT2D eigenvalue weighted by Crippen LogP contribution is 2.58. The molecule has 2 aliphatic heterocycles. The molecule has 4 heteroatoms. The van der Waals surface area contributed by atoms with E-state index in [4.69, 9.17) is 9.47 Å². The van der Waals surface area contributed by atoms with E-state index < -0.39 is 5.41 Å². The molecule has 0 bridgehead atoms. The van der Waals surface area contributed by atoms with Gasteiger partial charge in [0.25, 0.3) is 0 Å². The van der Waals surface area contributed by atoms with E-state index in [-0.39, 0.29) is 17.9 Å². The zero-order valence-corrected chi connectivity index (χ0v) is 14.9. The number of nitrogens with zero attached hydrogens (tertiary/aromatic N) is 1. The topological polar surface area (TPSA) is 38.8 Å². The molecule has 0 unspecified atom stereocenters. The number of likely N-dealkylation sites (tertiary alicyclic amines) is 1. The Morgan fingerprint density at radius 3 is 2.64 bits per heavy atom. The van der Waals surface area contributed by atoms with Crippen molar-refractivity contribution in [1.82, 2.24) is 4.90 Å². The Labute approximate surface area is 148 Å². The van der Waals surface area contributed by atoms with Crippen molar-refractivity contribution in [1.29, 1.82) is 0 Å². The van der Waals surface area contributed by atoms with E-state index in [1.165, 1.54) is 12.7 Å². The van der Waals surface area contributed by atoms with Gasteiger partial charge in [-0.15, -0.1) is 0 Å². The fourth-order valence-corrected chi connectivity index (χ4v) is 4.57. The minimum absolute atomic E-state index is 0.0314. The van der Waals surface area contributed by atoms with Gasteiger partial charge in [0.1, 0.15) is 17.8 Å². The van der Waals surface area contributed by atoms with Gasteiger partial charge in [-0.05, 0) is 25.6 Å². The Kier molecular flexibility index (Phi) is 3.80. The second-order valence-electron chi connectivity index (χ2n) is 7.16. The molecule has 0 spiro atoms. The number of methoxy groups -OCH3 is 1. The average molecular weight is 337 g/mol. The van der Waals surface area contributed by atoms with Crippen LogP contribution in [0.5, 0.6) is 5.75 Å². The summed E-state index contributed by atoms with van der Waals surface area (Å²) in [6.45, 7) is 3.20. The van der Waals surface area contributed by atoms with Crippen LogP contribution in [0.4, 0.5) is 0 Å². The fraction of sp³-hybridized carbons (Fsp3) is 0.381. The third-order valence-electron chi connectivity index (χ3n) is 5.75. The molecular weight excluding hydrogens is 314 g/mol. The summed E-state index contributed by atoms with van der Waals surface area (Å²) in [6.07, 6.45) is 0. The molecule has 0 N–H and O–H groups in total. The zero-order chi connectivity index (χ0) is 17.6. The Morgan fingerprint density at radius 2 is 1.92 bits per heavy atom. The summed E-state index contributed by atoms with van der Waals surface area (Å²) in [7, 11) is 3.55. The SMILES string of the molecule is COC(=O)[C@]12COc3ccccc3[C@H]1N(C)C[C@H]2c1ccc(C)cc1. The number of esters is 1. The van der Waals surface area contributed by atoms with Crippen molar-refractivity contribution >= 4 is 5.97 Å². The van der Waals surface area contributed by atoms with Gasteiger partial charge < -0.3 is 9.47 Å². The minimum Gasteiger partial charge on any atom is -0.492 e. The number of hydrogen-bond acceptors (Lipinski definition) is 4. The highest BCUT2D eigenvalue weighted by Gasteiger charge is 2.62. The number of hydrogen-bond donors (Lipinski definition) is 0. The molecule has 0 aliphatic carbocycles. The first-order valence-corrected chi connectivity index (χ1v) is 8.65. The van der Waals surface area contributed by atoms with E-state index in [1.807, 2.05) is 18.2 Å². The Morgan fingerprint density at radius 1 is 1.20 bits per heavy atom. The monoisotopic (exact) mass is 337 g/mol. The van der Waals surface area contributed by atoms with Crippen LogP contribution in [-0.4, -0.2) is 38.2 Å². The maximum atomic E-state index is 13.0. The summed E-state index contributed by atoms with van der Waals surface area (Å²) < 4.78 is 11.3. The Bertz CT molecular complexity index is 801. The molecule has 0 saturated carbocycles. The molecule has 2 aromatic carbocycles. The molecule has 1 saturated heterocycles. The number of carbonyl (C=O) groups is 1. The lowest BCUT2D eigenvalue weighted by atomic mass is 9.67. The number of aryl methyl sites for hydroxylation is 1. The van der Waals surface area contributed by atoms with Crippen molar-refractivity contribution in [3.63, 3.8) is 0 Å². The quantitative estimate of drug-likeness (QED) is 0.788. The third-order valence-corrected chi connectivity index (χ3v) is 5.75. The molecule has 0 aromatic heterocycles. The molecule has 0 radical (unpaired) electrons. The summed E-state index contributed by atoms with van der Waals surface area (Å²) in [5, 5.41) is 0. The summed E-state index contributed by atoms with van der Waals surface area (Å²) in [4.78, 5) is 15.3. The van der Waals surface area contributed by atoms with Gasteiger partial charge in [0.05, 0.1) is 13.2 Å². The highest BCUT2D eigenvalue weighted by molar-refractivity contribution is 5.81. The van der Waals surface area contributed by atoms with Gasteiger partial charge in [-0.2, -0.15) is 0 Å². The zero-order valence-electron chi connectivity index (χ0n) is 14.9. The number of likely N-dealkylation sites (N-methyl/N-ethyl adjacent to an activating group) is 1. The van der Waals surface area contributed by atoms with Crippen LogP contribution >= 0.6 is 0 Å². The van der Waals surface area contributed by atoms with Crippen molar-refractivity contribution in [2.45, 2.75) is 18.9 Å². The first kappa shape index (κ1) is 16.2. The number of fused-ring (bicyclic) bond motifs is 3. The molecule has 2 aliphatic rings. The molecule has 25 heavy (non-hydrogen) atoms. The normalized spacial score (nSPS) is 28.0. The summed E-state index contributed by atoms with van der Waals surface area (Å²) in [5.74, 6) is 0.703. The van der Waals surface area contributed by atoms with Crippen molar-refractivity contribution < 1.29 is 14.3 Å². The van der Waals surface area contributed by atoms with E-state index in [1.54, 1.807) is 0 Å². The van der Waals surface area contributed by atoms with Gasteiger partial charge in [-0.1, -0.05) is 48.0 Å². The lowest BCUT2D eigenvalue weighted by Crippen LogP contribution is -2.48. The summed E-state index contributed by atoms with van der Waals surface area (Å²) >= 11 is 0. The van der Waals surface area contributed by atoms with Crippen LogP contribution in [0, 0.1) is 12.3 Å². The molecule has 3 atom stereocenters. The lowest BCUT2D eigenvalue weighted by molar-refractivity contribution is -0.159. The highest BCUT2D eigenvalue weighted by atomic mass is 16.5. The molecule has 2 aromatic rings. The number of rotatable bonds is 2. The van der Waals surface area contributed by atoms with E-state index >= 15 is 0 Å². The van der Waals surface area contributed by atoms with E-state index in [0.717, 1.165) is 23.4 Å². The maximum Gasteiger partial charge on any atom is 0.317 e. The van der Waals surface area contributed by atoms with Crippen LogP contribution in [0.25, 0.3) is 0 Å². The van der Waals surface area contributed by atoms with Gasteiger partial charge in [0.15, 0.2) is 0 Å². The van der Waals surface area contributed by atoms with Gasteiger partial charge in [-0.25, -0.2) is 0 Å². The molecule has 4 nitrogen and oxygen atoms in total. The number of benzene rings is 2. The average Bonchev–Trinajstić information content (AvgIpc) is 2.96. The van der Waals surface area contributed by atoms with Gasteiger partial charge in [0.2, 0.25) is 0 Å². The predicted molar refractivity (Wildman–Crippen MR) is 95.7 cm³/mol. The van der Waals surface area contributed by atoms with Crippen LogP contribution in [0.2, 0.25) is 0 Å². The number of para-hydroxylation sites is 1. The van der Waals surface area contributed by atoms with E-state index in [9.17, 15) is 4.79 Å². The second kappa shape index (κ2) is 5.88. The number of ether oxygens (including phenoxy) is 2. The molecule has 1 fully saturated rings. The van der Waals surface area contributed by atoms with Gasteiger partial charge in [-0.3, -0.25) is 9.69 Å². The molecule has 130 valence electrons. The molecule has 4 rings (SSSR count). The Balaban J connectivity index is 1.88. The molecular formula is C21H23NO3. The van der Waals surface area contributed by atoms with Crippen LogP contribution in [0.15, 0.2) is 48.5 Å². The summed E-state index contributed by atoms with van der Waals surface area (Å²) in [6, 6.07) is 16.4. The predicted octanol–water partition coefficient (Wildman–Crippen LogP) is 3.32. The first-order chi connectivity index (χ1) is 12.1. The molecule has 0 amide bonds. The van der Waals surface area contributed by atoms with Crippen molar-refractivity contribution in [2.24, 2.45) is 5.41 Å². The smallest absolute Gasteiger partial charge is 0.317 e. The number of carbonyl (C=O) groups excluding carboxylic acids is 1. The van der Waals surface area contributed by atoms with Crippen LogP contribution < -0.4 is 4.74 Å². The third kappa shape index (κ3) is 2.28. The van der Waals surface area contributed by atoms with Crippen molar-refractivity contribution in [3.8, 4) is 5.75 Å². The first-order valence-electron chi connectivity index (χ1n) is 8.65. The lowest BCUT2D eigenvalue weighted by Gasteiger charge is -2.42. The standard InChI is InChI=1S/C21H23NO3/c1-14-8-10-15(11-9-14)17-12-22(2)19-16-6-4-5-7-18(16)25-13-21(17,19)20(23)24-3/h4-11,17,19H,12-13H2,1-3H3/t17-,19+,21-/m0/s1. The van der Waals surface area contributed by atoms with E-state index in [2.05, 4.69) is 49.2 Å². The van der Waals surface area contributed by atoms with Gasteiger partial charge in [0, 0.05) is 18.0 Å². The largest absolute Gasteiger partial charge is 0.492 e. The van der Waals surface area contributed by atoms with Crippen LogP contribution in [0.1, 0.15) is 28.7 Å².